The number of aliphatic hydroxyl groups is 1. The van der Waals surface area contributed by atoms with Gasteiger partial charge in [0.2, 0.25) is 5.91 Å². The Morgan fingerprint density at radius 1 is 1.41 bits per heavy atom. The molecule has 7 heteroatoms. The average molecular weight is 377 g/mol. The van der Waals surface area contributed by atoms with Gasteiger partial charge in [-0.3, -0.25) is 9.69 Å². The lowest BCUT2D eigenvalue weighted by molar-refractivity contribution is -0.118. The van der Waals surface area contributed by atoms with Gasteiger partial charge in [-0.15, -0.1) is 0 Å². The summed E-state index contributed by atoms with van der Waals surface area (Å²) < 4.78 is 7.14. The van der Waals surface area contributed by atoms with E-state index in [0.717, 1.165) is 43.5 Å². The molecule has 27 heavy (non-hydrogen) atoms. The smallest absolute Gasteiger partial charge is 0.239 e. The van der Waals surface area contributed by atoms with Crippen LogP contribution in [0.2, 0.25) is 0 Å². The molecule has 1 amide bonds. The standard InChI is InChI=1S/C20H32N4O3/c1-15-16(2)24(10-6-12-27-3)20(18(15)13-21)22-19(26)14-23-9-5-4-7-17(23)8-11-25/h17,25H,4-12,14H2,1-3H3,(H,22,26). The number of aromatic nitrogens is 1. The van der Waals surface area contributed by atoms with Gasteiger partial charge in [-0.05, 0) is 51.6 Å². The van der Waals surface area contributed by atoms with E-state index in [-0.39, 0.29) is 25.1 Å². The van der Waals surface area contributed by atoms with Crippen molar-refractivity contribution < 1.29 is 14.6 Å². The number of piperidine rings is 1. The number of likely N-dealkylation sites (tertiary alicyclic amines) is 1. The van der Waals surface area contributed by atoms with Crippen LogP contribution in [0.15, 0.2) is 0 Å². The van der Waals surface area contributed by atoms with E-state index < -0.39 is 0 Å². The van der Waals surface area contributed by atoms with Gasteiger partial charge in [0, 0.05) is 38.6 Å². The number of nitriles is 1. The number of hydrogen-bond donors (Lipinski definition) is 2. The predicted octanol–water partition coefficient (Wildman–Crippen LogP) is 2.19. The quantitative estimate of drug-likeness (QED) is 0.645. The lowest BCUT2D eigenvalue weighted by Gasteiger charge is -2.34. The maximum absolute atomic E-state index is 12.7. The predicted molar refractivity (Wildman–Crippen MR) is 105 cm³/mol. The minimum atomic E-state index is -0.109. The van der Waals surface area contributed by atoms with Crippen LogP contribution in [0.25, 0.3) is 0 Å². The molecule has 0 saturated carbocycles. The van der Waals surface area contributed by atoms with E-state index in [0.29, 0.717) is 31.0 Å². The third kappa shape index (κ3) is 5.32. The number of methoxy groups -OCH3 is 1. The first-order valence-corrected chi connectivity index (χ1v) is 9.77. The highest BCUT2D eigenvalue weighted by Gasteiger charge is 2.25. The molecule has 1 unspecified atom stereocenters. The van der Waals surface area contributed by atoms with Gasteiger partial charge in [0.15, 0.2) is 0 Å². The van der Waals surface area contributed by atoms with Crippen molar-refractivity contribution >= 4 is 11.7 Å². The molecular formula is C20H32N4O3. The summed E-state index contributed by atoms with van der Waals surface area (Å²) in [7, 11) is 1.67. The summed E-state index contributed by atoms with van der Waals surface area (Å²) in [6, 6.07) is 2.49. The van der Waals surface area contributed by atoms with Crippen LogP contribution in [0.4, 0.5) is 5.82 Å². The van der Waals surface area contributed by atoms with Gasteiger partial charge in [-0.1, -0.05) is 6.42 Å². The van der Waals surface area contributed by atoms with Crippen molar-refractivity contribution in [2.45, 2.75) is 58.5 Å². The monoisotopic (exact) mass is 376 g/mol. The van der Waals surface area contributed by atoms with Gasteiger partial charge in [-0.25, -0.2) is 0 Å². The number of rotatable bonds is 9. The summed E-state index contributed by atoms with van der Waals surface area (Å²) in [6.07, 6.45) is 4.74. The SMILES string of the molecule is COCCCn1c(C)c(C)c(C#N)c1NC(=O)CN1CCCCC1CCO. The van der Waals surface area contributed by atoms with Crippen molar-refractivity contribution in [2.24, 2.45) is 0 Å². The van der Waals surface area contributed by atoms with Crippen molar-refractivity contribution in [3.63, 3.8) is 0 Å². The van der Waals surface area contributed by atoms with E-state index in [9.17, 15) is 15.2 Å². The summed E-state index contributed by atoms with van der Waals surface area (Å²) in [6.45, 7) is 6.51. The van der Waals surface area contributed by atoms with Gasteiger partial charge in [0.05, 0.1) is 12.1 Å². The van der Waals surface area contributed by atoms with Crippen LogP contribution in [-0.4, -0.2) is 59.9 Å². The molecule has 0 aromatic carbocycles. The van der Waals surface area contributed by atoms with Crippen LogP contribution in [-0.2, 0) is 16.1 Å². The molecule has 1 atom stereocenters. The van der Waals surface area contributed by atoms with Crippen molar-refractivity contribution in [3.8, 4) is 6.07 Å². The third-order valence-corrected chi connectivity index (χ3v) is 5.49. The molecule has 7 nitrogen and oxygen atoms in total. The van der Waals surface area contributed by atoms with E-state index >= 15 is 0 Å². The molecule has 0 spiro atoms. The van der Waals surface area contributed by atoms with Crippen LogP contribution in [0.5, 0.6) is 0 Å². The van der Waals surface area contributed by atoms with Crippen LogP contribution in [0, 0.1) is 25.2 Å². The van der Waals surface area contributed by atoms with Gasteiger partial charge < -0.3 is 19.7 Å². The van der Waals surface area contributed by atoms with E-state index in [4.69, 9.17) is 4.74 Å². The minimum Gasteiger partial charge on any atom is -0.396 e. The van der Waals surface area contributed by atoms with Crippen LogP contribution in [0.3, 0.4) is 0 Å². The molecule has 1 aromatic rings. The van der Waals surface area contributed by atoms with Gasteiger partial charge in [-0.2, -0.15) is 5.26 Å². The number of nitrogens with one attached hydrogen (secondary N) is 1. The molecule has 1 aliphatic rings. The van der Waals surface area contributed by atoms with Crippen LogP contribution >= 0.6 is 0 Å². The fourth-order valence-corrected chi connectivity index (χ4v) is 3.88. The highest BCUT2D eigenvalue weighted by atomic mass is 16.5. The molecule has 0 radical (unpaired) electrons. The average Bonchev–Trinajstić information content (AvgIpc) is 2.87. The second-order valence-electron chi connectivity index (χ2n) is 7.22. The molecule has 1 aliphatic heterocycles. The first-order chi connectivity index (χ1) is 13.0. The normalized spacial score (nSPS) is 17.7. The highest BCUT2D eigenvalue weighted by Crippen LogP contribution is 2.27. The van der Waals surface area contributed by atoms with Crippen LogP contribution < -0.4 is 5.32 Å². The molecule has 150 valence electrons. The second-order valence-corrected chi connectivity index (χ2v) is 7.22. The molecule has 2 rings (SSSR count). The third-order valence-electron chi connectivity index (χ3n) is 5.49. The number of amides is 1. The summed E-state index contributed by atoms with van der Waals surface area (Å²) in [5.41, 5.74) is 2.43. The van der Waals surface area contributed by atoms with Crippen molar-refractivity contribution in [1.82, 2.24) is 9.47 Å². The lowest BCUT2D eigenvalue weighted by Crippen LogP contribution is -2.44. The lowest BCUT2D eigenvalue weighted by atomic mass is 10.00. The zero-order chi connectivity index (χ0) is 19.8. The number of hydrogen-bond acceptors (Lipinski definition) is 5. The summed E-state index contributed by atoms with van der Waals surface area (Å²) in [5, 5.41) is 21.8. The fraction of sp³-hybridized carbons (Fsp3) is 0.700. The molecule has 2 N–H and O–H groups in total. The van der Waals surface area contributed by atoms with Crippen molar-refractivity contribution in [2.75, 3.05) is 38.7 Å². The van der Waals surface area contributed by atoms with Gasteiger partial charge in [0.25, 0.3) is 0 Å². The topological polar surface area (TPSA) is 90.5 Å². The van der Waals surface area contributed by atoms with E-state index in [1.54, 1.807) is 7.11 Å². The Morgan fingerprint density at radius 3 is 2.85 bits per heavy atom. The van der Waals surface area contributed by atoms with Crippen molar-refractivity contribution in [3.05, 3.63) is 16.8 Å². The summed E-state index contributed by atoms with van der Waals surface area (Å²) in [4.78, 5) is 14.9. The van der Waals surface area contributed by atoms with Gasteiger partial charge >= 0.3 is 0 Å². The van der Waals surface area contributed by atoms with Gasteiger partial charge in [0.1, 0.15) is 11.9 Å². The minimum absolute atomic E-state index is 0.109. The Morgan fingerprint density at radius 2 is 2.19 bits per heavy atom. The highest BCUT2D eigenvalue weighted by molar-refractivity contribution is 5.93. The number of carbonyl (C=O) groups is 1. The van der Waals surface area contributed by atoms with E-state index in [2.05, 4.69) is 16.3 Å². The second kappa shape index (κ2) is 10.5. The van der Waals surface area contributed by atoms with Crippen molar-refractivity contribution in [1.29, 1.82) is 5.26 Å². The zero-order valence-electron chi connectivity index (χ0n) is 16.8. The largest absolute Gasteiger partial charge is 0.396 e. The maximum atomic E-state index is 12.7. The number of carbonyl (C=O) groups excluding carboxylic acids is 1. The summed E-state index contributed by atoms with van der Waals surface area (Å²) >= 11 is 0. The Balaban J connectivity index is 2.13. The van der Waals surface area contributed by atoms with E-state index in [1.807, 2.05) is 18.4 Å². The Hall–Kier alpha value is -1.88. The number of ether oxygens (including phenoxy) is 1. The first kappa shape index (κ1) is 21.4. The number of nitrogens with zero attached hydrogens (tertiary/aromatic N) is 3. The first-order valence-electron chi connectivity index (χ1n) is 9.77. The fourth-order valence-electron chi connectivity index (χ4n) is 3.88. The molecule has 1 fully saturated rings. The van der Waals surface area contributed by atoms with Crippen LogP contribution in [0.1, 0.15) is 48.9 Å². The maximum Gasteiger partial charge on any atom is 0.239 e. The van der Waals surface area contributed by atoms with E-state index in [1.165, 1.54) is 0 Å². The Labute approximate surface area is 161 Å². The number of anilines is 1. The molecule has 1 saturated heterocycles. The molecule has 1 aromatic heterocycles. The Kier molecular flexibility index (Phi) is 8.29. The molecule has 2 heterocycles. The summed E-state index contributed by atoms with van der Waals surface area (Å²) in [5.74, 6) is 0.478. The number of aliphatic hydroxyl groups excluding tert-OH is 1. The molecule has 0 bridgehead atoms. The Bertz CT molecular complexity index is 676. The molecule has 0 aliphatic carbocycles. The molecular weight excluding hydrogens is 344 g/mol. The zero-order valence-corrected chi connectivity index (χ0v) is 16.8.